The number of fused-ring (bicyclic) bond motifs is 1. The standard InChI is InChI=1S/C20H24N2O2S/c1-13-6-5-7-14(10-13)21-19(25)22-17-12-20(2,3)24-18-11-15(23-4)8-9-16(17)18/h5-11,17H,12H2,1-4H3,(H2,21,22,25)/t17-/m1/s1. The van der Waals surface area contributed by atoms with Gasteiger partial charge in [0.1, 0.15) is 17.1 Å². The van der Waals surface area contributed by atoms with Gasteiger partial charge in [0.15, 0.2) is 5.11 Å². The van der Waals surface area contributed by atoms with E-state index in [1.807, 2.05) is 30.3 Å². The van der Waals surface area contributed by atoms with Crippen molar-refractivity contribution in [3.8, 4) is 11.5 Å². The van der Waals surface area contributed by atoms with Crippen LogP contribution in [-0.2, 0) is 0 Å². The van der Waals surface area contributed by atoms with Crippen molar-refractivity contribution < 1.29 is 9.47 Å². The van der Waals surface area contributed by atoms with Crippen molar-refractivity contribution in [2.45, 2.75) is 38.8 Å². The predicted molar refractivity (Wildman–Crippen MR) is 106 cm³/mol. The molecule has 0 bridgehead atoms. The molecule has 1 aliphatic rings. The number of hydrogen-bond acceptors (Lipinski definition) is 3. The topological polar surface area (TPSA) is 42.5 Å². The zero-order valence-electron chi connectivity index (χ0n) is 15.1. The Balaban J connectivity index is 1.79. The Morgan fingerprint density at radius 1 is 1.24 bits per heavy atom. The SMILES string of the molecule is COc1ccc2c(c1)OC(C)(C)C[C@H]2NC(=S)Nc1cccc(C)c1. The number of anilines is 1. The molecule has 0 unspecified atom stereocenters. The second-order valence-electron chi connectivity index (χ2n) is 6.99. The number of aryl methyl sites for hydroxylation is 1. The second-order valence-corrected chi connectivity index (χ2v) is 7.40. The molecule has 132 valence electrons. The molecule has 0 saturated heterocycles. The van der Waals surface area contributed by atoms with E-state index >= 15 is 0 Å². The monoisotopic (exact) mass is 356 g/mol. The maximum Gasteiger partial charge on any atom is 0.171 e. The average Bonchev–Trinajstić information content (AvgIpc) is 2.53. The molecule has 0 aliphatic carbocycles. The molecule has 0 saturated carbocycles. The van der Waals surface area contributed by atoms with Crippen LogP contribution in [0.3, 0.4) is 0 Å². The normalized spacial score (nSPS) is 17.8. The highest BCUT2D eigenvalue weighted by Crippen LogP contribution is 2.41. The summed E-state index contributed by atoms with van der Waals surface area (Å²) in [4.78, 5) is 0. The zero-order valence-corrected chi connectivity index (χ0v) is 15.9. The summed E-state index contributed by atoms with van der Waals surface area (Å²) in [5, 5.41) is 7.31. The van der Waals surface area contributed by atoms with Crippen LogP contribution in [0.2, 0.25) is 0 Å². The number of nitrogens with one attached hydrogen (secondary N) is 2. The number of benzene rings is 2. The van der Waals surface area contributed by atoms with Gasteiger partial charge in [0.25, 0.3) is 0 Å². The summed E-state index contributed by atoms with van der Waals surface area (Å²) in [5.41, 5.74) is 2.99. The molecular weight excluding hydrogens is 332 g/mol. The van der Waals surface area contributed by atoms with E-state index in [1.165, 1.54) is 5.56 Å². The molecule has 2 N–H and O–H groups in total. The van der Waals surface area contributed by atoms with Crippen LogP contribution in [0.25, 0.3) is 0 Å². The highest BCUT2D eigenvalue weighted by atomic mass is 32.1. The smallest absolute Gasteiger partial charge is 0.171 e. The Labute approximate surface area is 154 Å². The maximum absolute atomic E-state index is 6.12. The lowest BCUT2D eigenvalue weighted by atomic mass is 9.89. The van der Waals surface area contributed by atoms with Crippen molar-refractivity contribution in [3.05, 3.63) is 53.6 Å². The first kappa shape index (κ1) is 17.5. The van der Waals surface area contributed by atoms with Gasteiger partial charge in [-0.15, -0.1) is 0 Å². The Hall–Kier alpha value is -2.27. The van der Waals surface area contributed by atoms with E-state index in [0.29, 0.717) is 5.11 Å². The summed E-state index contributed by atoms with van der Waals surface area (Å²) in [5.74, 6) is 1.63. The van der Waals surface area contributed by atoms with Crippen LogP contribution in [-0.4, -0.2) is 17.8 Å². The molecule has 0 radical (unpaired) electrons. The molecule has 1 aliphatic heterocycles. The van der Waals surface area contributed by atoms with Crippen molar-refractivity contribution in [1.82, 2.24) is 5.32 Å². The number of rotatable bonds is 3. The van der Waals surface area contributed by atoms with Crippen LogP contribution >= 0.6 is 12.2 Å². The maximum atomic E-state index is 6.12. The number of ether oxygens (including phenoxy) is 2. The summed E-state index contributed by atoms with van der Waals surface area (Å²) in [6.45, 7) is 6.23. The predicted octanol–water partition coefficient (Wildman–Crippen LogP) is 4.59. The van der Waals surface area contributed by atoms with Crippen LogP contribution in [0.15, 0.2) is 42.5 Å². The Morgan fingerprint density at radius 3 is 2.76 bits per heavy atom. The minimum atomic E-state index is -0.282. The Morgan fingerprint density at radius 2 is 2.04 bits per heavy atom. The fourth-order valence-corrected chi connectivity index (χ4v) is 3.40. The van der Waals surface area contributed by atoms with E-state index in [2.05, 4.69) is 43.5 Å². The minimum Gasteiger partial charge on any atom is -0.497 e. The molecular formula is C20H24N2O2S. The molecule has 25 heavy (non-hydrogen) atoms. The molecule has 2 aromatic rings. The van der Waals surface area contributed by atoms with Crippen molar-refractivity contribution >= 4 is 23.0 Å². The van der Waals surface area contributed by atoms with Gasteiger partial charge in [0.2, 0.25) is 0 Å². The molecule has 4 nitrogen and oxygen atoms in total. The molecule has 1 heterocycles. The molecule has 0 spiro atoms. The fourth-order valence-electron chi connectivity index (χ4n) is 3.14. The number of hydrogen-bond donors (Lipinski definition) is 2. The molecule has 3 rings (SSSR count). The van der Waals surface area contributed by atoms with Gasteiger partial charge in [-0.3, -0.25) is 0 Å². The summed E-state index contributed by atoms with van der Waals surface area (Å²) in [6, 6.07) is 14.2. The van der Waals surface area contributed by atoms with Crippen molar-refractivity contribution in [2.75, 3.05) is 12.4 Å². The average molecular weight is 356 g/mol. The summed E-state index contributed by atoms with van der Waals surface area (Å²) in [7, 11) is 1.66. The summed E-state index contributed by atoms with van der Waals surface area (Å²) >= 11 is 5.53. The quantitative estimate of drug-likeness (QED) is 0.787. The van der Waals surface area contributed by atoms with Gasteiger partial charge in [-0.25, -0.2) is 0 Å². The molecule has 5 heteroatoms. The van der Waals surface area contributed by atoms with E-state index < -0.39 is 0 Å². The van der Waals surface area contributed by atoms with Gasteiger partial charge in [0.05, 0.1) is 13.2 Å². The van der Waals surface area contributed by atoms with Gasteiger partial charge in [-0.1, -0.05) is 12.1 Å². The fraction of sp³-hybridized carbons (Fsp3) is 0.350. The largest absolute Gasteiger partial charge is 0.497 e. The third-order valence-corrected chi connectivity index (χ3v) is 4.48. The van der Waals surface area contributed by atoms with Crippen LogP contribution < -0.4 is 20.1 Å². The lowest BCUT2D eigenvalue weighted by Gasteiger charge is -2.38. The van der Waals surface area contributed by atoms with E-state index in [1.54, 1.807) is 7.11 Å². The summed E-state index contributed by atoms with van der Waals surface area (Å²) in [6.07, 6.45) is 0.821. The van der Waals surface area contributed by atoms with Crippen molar-refractivity contribution in [3.63, 3.8) is 0 Å². The third-order valence-electron chi connectivity index (χ3n) is 4.26. The van der Waals surface area contributed by atoms with Gasteiger partial charge >= 0.3 is 0 Å². The van der Waals surface area contributed by atoms with E-state index in [4.69, 9.17) is 21.7 Å². The lowest BCUT2D eigenvalue weighted by molar-refractivity contribution is 0.0693. The lowest BCUT2D eigenvalue weighted by Crippen LogP contribution is -2.42. The van der Waals surface area contributed by atoms with Crippen molar-refractivity contribution in [2.24, 2.45) is 0 Å². The van der Waals surface area contributed by atoms with E-state index in [-0.39, 0.29) is 11.6 Å². The zero-order chi connectivity index (χ0) is 18.0. The Bertz CT molecular complexity index is 789. The number of methoxy groups -OCH3 is 1. The first-order valence-corrected chi connectivity index (χ1v) is 8.78. The third kappa shape index (κ3) is 4.23. The van der Waals surface area contributed by atoms with Gasteiger partial charge in [-0.05, 0) is 62.8 Å². The van der Waals surface area contributed by atoms with Crippen LogP contribution in [0.4, 0.5) is 5.69 Å². The van der Waals surface area contributed by atoms with E-state index in [9.17, 15) is 0 Å². The highest BCUT2D eigenvalue weighted by molar-refractivity contribution is 7.80. The first-order valence-electron chi connectivity index (χ1n) is 8.37. The molecule has 0 amide bonds. The van der Waals surface area contributed by atoms with E-state index in [0.717, 1.165) is 29.2 Å². The second kappa shape index (κ2) is 6.92. The summed E-state index contributed by atoms with van der Waals surface area (Å²) < 4.78 is 11.4. The number of thiocarbonyl (C=S) groups is 1. The van der Waals surface area contributed by atoms with Gasteiger partial charge in [-0.2, -0.15) is 0 Å². The van der Waals surface area contributed by atoms with Crippen molar-refractivity contribution in [1.29, 1.82) is 0 Å². The highest BCUT2D eigenvalue weighted by Gasteiger charge is 2.34. The van der Waals surface area contributed by atoms with Crippen LogP contribution in [0.5, 0.6) is 11.5 Å². The first-order chi connectivity index (χ1) is 11.9. The van der Waals surface area contributed by atoms with Gasteiger partial charge in [0, 0.05) is 23.7 Å². The minimum absolute atomic E-state index is 0.0782. The van der Waals surface area contributed by atoms with Crippen LogP contribution in [0, 0.1) is 6.92 Å². The Kier molecular flexibility index (Phi) is 4.86. The molecule has 2 aromatic carbocycles. The van der Waals surface area contributed by atoms with Crippen LogP contribution in [0.1, 0.15) is 37.4 Å². The van der Waals surface area contributed by atoms with Gasteiger partial charge < -0.3 is 20.1 Å². The molecule has 0 aromatic heterocycles. The molecule has 1 atom stereocenters. The molecule has 0 fully saturated rings.